The summed E-state index contributed by atoms with van der Waals surface area (Å²) in [4.78, 5) is 45.8. The standard InChI is InChI=1S/C18H18N4O6/c1-2-20-17(24)11-4-3-5-12(8-11)21-16(23)10-28-18(25)14-7-6-13(22(26)27)9-15(14)19/h3-9H,2,10,19H2,1H3,(H,20,24)(H,21,23). The first-order valence-electron chi connectivity index (χ1n) is 8.21. The first kappa shape index (κ1) is 20.4. The van der Waals surface area contributed by atoms with Gasteiger partial charge in [0.1, 0.15) is 0 Å². The highest BCUT2D eigenvalue weighted by molar-refractivity contribution is 5.99. The molecule has 0 radical (unpaired) electrons. The van der Waals surface area contributed by atoms with Crippen molar-refractivity contribution in [3.05, 3.63) is 63.7 Å². The SMILES string of the molecule is CCNC(=O)c1cccc(NC(=O)COC(=O)c2ccc([N+](=O)[O-])cc2N)c1. The van der Waals surface area contributed by atoms with Crippen LogP contribution in [0, 0.1) is 10.1 Å². The van der Waals surface area contributed by atoms with E-state index in [9.17, 15) is 24.5 Å². The van der Waals surface area contributed by atoms with Gasteiger partial charge in [0.15, 0.2) is 6.61 Å². The van der Waals surface area contributed by atoms with Crippen molar-refractivity contribution < 1.29 is 24.0 Å². The number of carbonyl (C=O) groups excluding carboxylic acids is 3. The van der Waals surface area contributed by atoms with Gasteiger partial charge in [0.25, 0.3) is 17.5 Å². The van der Waals surface area contributed by atoms with Crippen LogP contribution in [0.15, 0.2) is 42.5 Å². The minimum Gasteiger partial charge on any atom is -0.452 e. The van der Waals surface area contributed by atoms with Crippen LogP contribution in [0.25, 0.3) is 0 Å². The molecule has 2 aromatic rings. The normalized spacial score (nSPS) is 10.0. The fourth-order valence-corrected chi connectivity index (χ4v) is 2.26. The van der Waals surface area contributed by atoms with E-state index in [-0.39, 0.29) is 22.8 Å². The molecule has 0 aliphatic carbocycles. The van der Waals surface area contributed by atoms with Crippen molar-refractivity contribution in [2.45, 2.75) is 6.92 Å². The number of non-ortho nitro benzene ring substituents is 1. The smallest absolute Gasteiger partial charge is 0.340 e. The second-order valence-corrected chi connectivity index (χ2v) is 5.59. The number of hydrogen-bond donors (Lipinski definition) is 3. The van der Waals surface area contributed by atoms with E-state index in [1.807, 2.05) is 0 Å². The number of nitrogens with zero attached hydrogens (tertiary/aromatic N) is 1. The fraction of sp³-hybridized carbons (Fsp3) is 0.167. The predicted molar refractivity (Wildman–Crippen MR) is 101 cm³/mol. The molecule has 2 rings (SSSR count). The zero-order chi connectivity index (χ0) is 20.7. The molecule has 10 nitrogen and oxygen atoms in total. The number of nitro benzene ring substituents is 1. The summed E-state index contributed by atoms with van der Waals surface area (Å²) in [6.07, 6.45) is 0. The Bertz CT molecular complexity index is 928. The third-order valence-electron chi connectivity index (χ3n) is 3.55. The van der Waals surface area contributed by atoms with Gasteiger partial charge in [-0.15, -0.1) is 0 Å². The first-order valence-corrected chi connectivity index (χ1v) is 8.21. The number of amides is 2. The summed E-state index contributed by atoms with van der Waals surface area (Å²) < 4.78 is 4.88. The van der Waals surface area contributed by atoms with Gasteiger partial charge in [0.2, 0.25) is 0 Å². The average Bonchev–Trinajstić information content (AvgIpc) is 2.66. The monoisotopic (exact) mass is 386 g/mol. The van der Waals surface area contributed by atoms with E-state index in [2.05, 4.69) is 10.6 Å². The van der Waals surface area contributed by atoms with Crippen LogP contribution >= 0.6 is 0 Å². The van der Waals surface area contributed by atoms with Crippen LogP contribution in [0.3, 0.4) is 0 Å². The zero-order valence-electron chi connectivity index (χ0n) is 14.9. The number of benzene rings is 2. The van der Waals surface area contributed by atoms with E-state index in [0.29, 0.717) is 17.8 Å². The molecule has 0 aliphatic heterocycles. The Kier molecular flexibility index (Phi) is 6.63. The van der Waals surface area contributed by atoms with Crippen molar-refractivity contribution in [3.8, 4) is 0 Å². The minimum atomic E-state index is -0.890. The van der Waals surface area contributed by atoms with Crippen LogP contribution in [-0.4, -0.2) is 35.9 Å². The molecule has 4 N–H and O–H groups in total. The lowest BCUT2D eigenvalue weighted by Gasteiger charge is -2.09. The van der Waals surface area contributed by atoms with Gasteiger partial charge in [-0.2, -0.15) is 0 Å². The lowest BCUT2D eigenvalue weighted by Crippen LogP contribution is -2.23. The van der Waals surface area contributed by atoms with Crippen molar-refractivity contribution in [1.82, 2.24) is 5.32 Å². The van der Waals surface area contributed by atoms with Gasteiger partial charge < -0.3 is 21.1 Å². The van der Waals surface area contributed by atoms with E-state index in [1.165, 1.54) is 6.07 Å². The number of ether oxygens (including phenoxy) is 1. The number of nitrogens with one attached hydrogen (secondary N) is 2. The van der Waals surface area contributed by atoms with Gasteiger partial charge in [-0.1, -0.05) is 6.07 Å². The van der Waals surface area contributed by atoms with E-state index in [0.717, 1.165) is 18.2 Å². The van der Waals surface area contributed by atoms with E-state index in [1.54, 1.807) is 25.1 Å². The second kappa shape index (κ2) is 9.12. The molecular formula is C18H18N4O6. The summed E-state index contributed by atoms with van der Waals surface area (Å²) in [6, 6.07) is 9.56. The second-order valence-electron chi connectivity index (χ2n) is 5.59. The maximum Gasteiger partial charge on any atom is 0.340 e. The summed E-state index contributed by atoms with van der Waals surface area (Å²) in [6.45, 7) is 1.66. The summed E-state index contributed by atoms with van der Waals surface area (Å²) in [5.74, 6) is -1.79. The number of nitrogens with two attached hydrogens (primary N) is 1. The van der Waals surface area contributed by atoms with E-state index < -0.39 is 23.4 Å². The summed E-state index contributed by atoms with van der Waals surface area (Å²) >= 11 is 0. The van der Waals surface area contributed by atoms with Crippen LogP contribution in [0.4, 0.5) is 17.1 Å². The molecule has 0 aliphatic rings. The Hall–Kier alpha value is -3.95. The molecule has 0 unspecified atom stereocenters. The molecule has 2 amide bonds. The Balaban J connectivity index is 1.95. The number of hydrogen-bond acceptors (Lipinski definition) is 7. The molecule has 2 aromatic carbocycles. The Morgan fingerprint density at radius 3 is 2.57 bits per heavy atom. The van der Waals surface area contributed by atoms with Gasteiger partial charge >= 0.3 is 5.97 Å². The minimum absolute atomic E-state index is 0.0864. The number of esters is 1. The molecule has 0 heterocycles. The van der Waals surface area contributed by atoms with Gasteiger partial charge in [-0.25, -0.2) is 4.79 Å². The third kappa shape index (κ3) is 5.27. The number of nitrogen functional groups attached to an aromatic ring is 1. The lowest BCUT2D eigenvalue weighted by atomic mass is 10.1. The highest BCUT2D eigenvalue weighted by Gasteiger charge is 2.17. The van der Waals surface area contributed by atoms with Crippen molar-refractivity contribution >= 4 is 34.8 Å². The molecule has 0 fully saturated rings. The Labute approximate surface area is 159 Å². The van der Waals surface area contributed by atoms with Gasteiger partial charge in [-0.3, -0.25) is 19.7 Å². The lowest BCUT2D eigenvalue weighted by molar-refractivity contribution is -0.384. The third-order valence-corrected chi connectivity index (χ3v) is 3.55. The van der Waals surface area contributed by atoms with Crippen LogP contribution in [0.2, 0.25) is 0 Å². The molecule has 10 heteroatoms. The molecule has 0 spiro atoms. The Morgan fingerprint density at radius 1 is 1.18 bits per heavy atom. The fourth-order valence-electron chi connectivity index (χ4n) is 2.26. The number of nitro groups is 1. The molecule has 28 heavy (non-hydrogen) atoms. The van der Waals surface area contributed by atoms with Crippen LogP contribution < -0.4 is 16.4 Å². The van der Waals surface area contributed by atoms with Gasteiger partial charge in [-0.05, 0) is 31.2 Å². The highest BCUT2D eigenvalue weighted by Crippen LogP contribution is 2.20. The topological polar surface area (TPSA) is 154 Å². The largest absolute Gasteiger partial charge is 0.452 e. The van der Waals surface area contributed by atoms with Crippen LogP contribution in [-0.2, 0) is 9.53 Å². The maximum absolute atomic E-state index is 12.0. The van der Waals surface area contributed by atoms with Crippen molar-refractivity contribution in [2.75, 3.05) is 24.2 Å². The molecule has 0 aromatic heterocycles. The van der Waals surface area contributed by atoms with Crippen molar-refractivity contribution in [2.24, 2.45) is 0 Å². The number of anilines is 2. The van der Waals surface area contributed by atoms with Crippen LogP contribution in [0.5, 0.6) is 0 Å². The van der Waals surface area contributed by atoms with Gasteiger partial charge in [0.05, 0.1) is 16.2 Å². The van der Waals surface area contributed by atoms with E-state index in [4.69, 9.17) is 10.5 Å². The van der Waals surface area contributed by atoms with Crippen LogP contribution in [0.1, 0.15) is 27.6 Å². The summed E-state index contributed by atoms with van der Waals surface area (Å²) in [7, 11) is 0. The Morgan fingerprint density at radius 2 is 1.93 bits per heavy atom. The molecule has 0 atom stereocenters. The van der Waals surface area contributed by atoms with Crippen molar-refractivity contribution in [3.63, 3.8) is 0 Å². The zero-order valence-corrected chi connectivity index (χ0v) is 14.9. The maximum atomic E-state index is 12.0. The molecule has 0 bridgehead atoms. The van der Waals surface area contributed by atoms with Crippen molar-refractivity contribution in [1.29, 1.82) is 0 Å². The van der Waals surface area contributed by atoms with Gasteiger partial charge in [0, 0.05) is 29.9 Å². The molecule has 0 saturated carbocycles. The first-order chi connectivity index (χ1) is 13.3. The summed E-state index contributed by atoms with van der Waals surface area (Å²) in [5.41, 5.74) is 5.87. The molecular weight excluding hydrogens is 368 g/mol. The highest BCUT2D eigenvalue weighted by atomic mass is 16.6. The quantitative estimate of drug-likeness (QED) is 0.283. The number of rotatable bonds is 7. The average molecular weight is 386 g/mol. The summed E-state index contributed by atoms with van der Waals surface area (Å²) in [5, 5.41) is 15.8. The molecule has 0 saturated heterocycles. The number of carbonyl (C=O) groups is 3. The predicted octanol–water partition coefficient (Wildman–Crippen LogP) is 1.72. The molecule has 146 valence electrons. The van der Waals surface area contributed by atoms with E-state index >= 15 is 0 Å².